The van der Waals surface area contributed by atoms with Gasteiger partial charge >= 0.3 is 0 Å². The van der Waals surface area contributed by atoms with Crippen LogP contribution in [0.15, 0.2) is 48.5 Å². The second kappa shape index (κ2) is 7.03. The number of carbonyl (C=O) groups excluding carboxylic acids is 1. The predicted octanol–water partition coefficient (Wildman–Crippen LogP) is 3.60. The number of benzene rings is 2. The van der Waals surface area contributed by atoms with E-state index in [1.54, 1.807) is 12.1 Å². The highest BCUT2D eigenvalue weighted by Crippen LogP contribution is 2.34. The van der Waals surface area contributed by atoms with Gasteiger partial charge in [-0.2, -0.15) is 0 Å². The number of amides is 1. The number of carbonyl (C=O) groups is 1. The molecule has 1 aromatic heterocycles. The maximum Gasteiger partial charge on any atom is 0.254 e. The summed E-state index contributed by atoms with van der Waals surface area (Å²) < 4.78 is 13.4. The van der Waals surface area contributed by atoms with Crippen molar-refractivity contribution < 1.29 is 9.18 Å². The molecule has 1 atom stereocenters. The van der Waals surface area contributed by atoms with Crippen molar-refractivity contribution in [3.8, 4) is 0 Å². The predicted molar refractivity (Wildman–Crippen MR) is 112 cm³/mol. The molecular weight excluding hydrogens is 363 g/mol. The summed E-state index contributed by atoms with van der Waals surface area (Å²) in [5.74, 6) is -0.401. The number of rotatable bonds is 2. The number of aromatic amines is 1. The third kappa shape index (κ3) is 3.09. The Morgan fingerprint density at radius 1 is 1.03 bits per heavy atom. The number of nitrogens with zero attached hydrogens (tertiary/aromatic N) is 1. The third-order valence-corrected chi connectivity index (χ3v) is 6.01. The molecule has 3 aromatic rings. The van der Waals surface area contributed by atoms with Crippen molar-refractivity contribution in [1.29, 1.82) is 0 Å². The van der Waals surface area contributed by atoms with E-state index in [1.807, 2.05) is 4.90 Å². The fourth-order valence-corrected chi connectivity index (χ4v) is 4.54. The monoisotopic (exact) mass is 386 g/mol. The number of halogens is 1. The van der Waals surface area contributed by atoms with Gasteiger partial charge in [0.1, 0.15) is 5.82 Å². The van der Waals surface area contributed by atoms with E-state index >= 15 is 0 Å². The molecule has 2 aromatic carbocycles. The highest BCUT2D eigenvalue weighted by atomic mass is 19.1. The normalized spacial score (nSPS) is 17.7. The van der Waals surface area contributed by atoms with Crippen LogP contribution in [0.2, 0.25) is 0 Å². The maximum absolute atomic E-state index is 13.4. The zero-order valence-electron chi connectivity index (χ0n) is 16.4. The minimum Gasteiger partial charge on any atom is -0.356 e. The molecule has 1 amide bonds. The molecule has 2 aliphatic rings. The maximum atomic E-state index is 13.4. The van der Waals surface area contributed by atoms with Crippen LogP contribution in [0.3, 0.4) is 0 Å². The molecule has 1 unspecified atom stereocenters. The van der Waals surface area contributed by atoms with Crippen molar-refractivity contribution in [3.05, 3.63) is 92.9 Å². The summed E-state index contributed by atoms with van der Waals surface area (Å²) in [7, 11) is 0. The number of aromatic nitrogens is 1. The quantitative estimate of drug-likeness (QED) is 0.718. The van der Waals surface area contributed by atoms with E-state index in [-0.39, 0.29) is 17.8 Å². The Hall–Kier alpha value is -3.14. The third-order valence-electron chi connectivity index (χ3n) is 6.01. The number of fused-ring (bicyclic) bond motifs is 3. The van der Waals surface area contributed by atoms with E-state index < -0.39 is 0 Å². The standard InChI is InChI=1S/C25H23FN2O/c1-16-6-8-17(9-7-16)24-23-21(20-4-2-3-5-22(20)27-23)14-15-28(24)25(29)18-10-12-19(26)13-11-18/h4-13,24,27H,2-3,14-15H2,1H3. The molecule has 5 rings (SSSR count). The zero-order chi connectivity index (χ0) is 20.0. The number of H-pyrrole nitrogens is 1. The SMILES string of the molecule is Cc1ccc(C2c3[nH]c4c(c3CCN2C(=O)c2ccc(F)cc2)=CCCC=4)cc1. The van der Waals surface area contributed by atoms with Gasteiger partial charge in [-0.15, -0.1) is 0 Å². The van der Waals surface area contributed by atoms with Crippen LogP contribution in [0.5, 0.6) is 0 Å². The summed E-state index contributed by atoms with van der Waals surface area (Å²) in [6.45, 7) is 2.70. The van der Waals surface area contributed by atoms with Crippen molar-refractivity contribution in [3.63, 3.8) is 0 Å². The minimum absolute atomic E-state index is 0.0678. The Kier molecular flexibility index (Phi) is 4.35. The van der Waals surface area contributed by atoms with Gasteiger partial charge in [-0.3, -0.25) is 4.79 Å². The van der Waals surface area contributed by atoms with Crippen LogP contribution in [0, 0.1) is 12.7 Å². The average molecular weight is 386 g/mol. The van der Waals surface area contributed by atoms with Gasteiger partial charge in [-0.25, -0.2) is 4.39 Å². The van der Waals surface area contributed by atoms with Gasteiger partial charge in [0.05, 0.1) is 6.04 Å². The lowest BCUT2D eigenvalue weighted by Gasteiger charge is -2.36. The molecule has 146 valence electrons. The Morgan fingerprint density at radius 2 is 1.76 bits per heavy atom. The molecule has 0 radical (unpaired) electrons. The molecule has 0 fully saturated rings. The first-order chi connectivity index (χ1) is 14.1. The van der Waals surface area contributed by atoms with Crippen molar-refractivity contribution in [2.75, 3.05) is 6.54 Å². The number of aryl methyl sites for hydroxylation is 1. The molecule has 3 nitrogen and oxygen atoms in total. The molecule has 29 heavy (non-hydrogen) atoms. The Morgan fingerprint density at radius 3 is 2.52 bits per heavy atom. The number of nitrogens with one attached hydrogen (secondary N) is 1. The fourth-order valence-electron chi connectivity index (χ4n) is 4.54. The van der Waals surface area contributed by atoms with Gasteiger partial charge in [0.25, 0.3) is 5.91 Å². The lowest BCUT2D eigenvalue weighted by Crippen LogP contribution is -2.41. The molecule has 4 heteroatoms. The van der Waals surface area contributed by atoms with Crippen molar-refractivity contribution in [1.82, 2.24) is 9.88 Å². The first kappa shape index (κ1) is 17.9. The van der Waals surface area contributed by atoms with E-state index in [0.29, 0.717) is 12.1 Å². The Bertz CT molecular complexity index is 1190. The summed E-state index contributed by atoms with van der Waals surface area (Å²) in [5.41, 5.74) is 5.22. The van der Waals surface area contributed by atoms with Crippen LogP contribution in [-0.2, 0) is 6.42 Å². The molecular formula is C25H23FN2O. The summed E-state index contributed by atoms with van der Waals surface area (Å²) in [4.78, 5) is 18.9. The summed E-state index contributed by atoms with van der Waals surface area (Å²) in [6, 6.07) is 14.0. The smallest absolute Gasteiger partial charge is 0.254 e. The van der Waals surface area contributed by atoms with Gasteiger partial charge in [-0.1, -0.05) is 42.0 Å². The van der Waals surface area contributed by atoms with E-state index in [2.05, 4.69) is 48.3 Å². The van der Waals surface area contributed by atoms with Gasteiger partial charge in [0.15, 0.2) is 0 Å². The Labute approximate surface area is 169 Å². The largest absolute Gasteiger partial charge is 0.356 e. The summed E-state index contributed by atoms with van der Waals surface area (Å²) >= 11 is 0. The first-order valence-electron chi connectivity index (χ1n) is 10.2. The van der Waals surface area contributed by atoms with Crippen LogP contribution < -0.4 is 10.6 Å². The second-order valence-electron chi connectivity index (χ2n) is 7.90. The average Bonchev–Trinajstić information content (AvgIpc) is 3.12. The van der Waals surface area contributed by atoms with Crippen LogP contribution >= 0.6 is 0 Å². The van der Waals surface area contributed by atoms with Gasteiger partial charge < -0.3 is 9.88 Å². The molecule has 2 heterocycles. The molecule has 0 saturated carbocycles. The summed E-state index contributed by atoms with van der Waals surface area (Å²) in [5, 5.41) is 2.48. The second-order valence-corrected chi connectivity index (χ2v) is 7.90. The molecule has 0 spiro atoms. The van der Waals surface area contributed by atoms with E-state index in [0.717, 1.165) is 30.5 Å². The van der Waals surface area contributed by atoms with Crippen molar-refractivity contribution in [2.45, 2.75) is 32.2 Å². The first-order valence-corrected chi connectivity index (χ1v) is 10.2. The molecule has 1 N–H and O–H groups in total. The molecule has 1 aliphatic carbocycles. The van der Waals surface area contributed by atoms with Crippen LogP contribution in [0.25, 0.3) is 12.2 Å². The van der Waals surface area contributed by atoms with Crippen molar-refractivity contribution >= 4 is 18.1 Å². The number of hydrogen-bond acceptors (Lipinski definition) is 1. The Balaban J connectivity index is 1.65. The molecule has 0 bridgehead atoms. The lowest BCUT2D eigenvalue weighted by atomic mass is 9.91. The molecule has 1 aliphatic heterocycles. The fraction of sp³-hybridized carbons (Fsp3) is 0.240. The van der Waals surface area contributed by atoms with Crippen LogP contribution in [-0.4, -0.2) is 22.3 Å². The molecule has 0 saturated heterocycles. The lowest BCUT2D eigenvalue weighted by molar-refractivity contribution is 0.0691. The highest BCUT2D eigenvalue weighted by Gasteiger charge is 2.34. The summed E-state index contributed by atoms with van der Waals surface area (Å²) in [6.07, 6.45) is 7.49. The topological polar surface area (TPSA) is 36.1 Å². The van der Waals surface area contributed by atoms with Gasteiger partial charge in [0, 0.05) is 23.2 Å². The highest BCUT2D eigenvalue weighted by molar-refractivity contribution is 5.95. The van der Waals surface area contributed by atoms with E-state index in [9.17, 15) is 9.18 Å². The number of hydrogen-bond donors (Lipinski definition) is 1. The van der Waals surface area contributed by atoms with Gasteiger partial charge in [-0.05, 0) is 66.8 Å². The zero-order valence-corrected chi connectivity index (χ0v) is 16.4. The van der Waals surface area contributed by atoms with Gasteiger partial charge in [0.2, 0.25) is 0 Å². The minimum atomic E-state index is -0.333. The van der Waals surface area contributed by atoms with E-state index in [1.165, 1.54) is 33.8 Å². The van der Waals surface area contributed by atoms with Crippen LogP contribution in [0.1, 0.15) is 51.6 Å². The van der Waals surface area contributed by atoms with Crippen molar-refractivity contribution in [2.24, 2.45) is 0 Å². The van der Waals surface area contributed by atoms with Crippen LogP contribution in [0.4, 0.5) is 4.39 Å². The van der Waals surface area contributed by atoms with E-state index in [4.69, 9.17) is 0 Å².